The van der Waals surface area contributed by atoms with Gasteiger partial charge in [0, 0.05) is 43.5 Å². The maximum absolute atomic E-state index is 10.1. The molecule has 4 nitrogen and oxygen atoms in total. The third-order valence-corrected chi connectivity index (χ3v) is 6.25. The molecule has 3 aromatic rings. The van der Waals surface area contributed by atoms with Gasteiger partial charge >= 0.3 is 0 Å². The average molecular weight is 433 g/mol. The smallest absolute Gasteiger partial charge is 0.160 e. The number of phenolic OH excluding ortho intramolecular Hbond substituents is 1. The van der Waals surface area contributed by atoms with E-state index < -0.39 is 0 Å². The van der Waals surface area contributed by atoms with Gasteiger partial charge in [0.1, 0.15) is 0 Å². The molecule has 0 bridgehead atoms. The number of ether oxygens (including phenoxy) is 1. The molecule has 0 radical (unpaired) electrons. The number of aromatic hydroxyl groups is 1. The van der Waals surface area contributed by atoms with E-state index in [0.29, 0.717) is 5.75 Å². The van der Waals surface area contributed by atoms with Crippen molar-refractivity contribution >= 4 is 11.4 Å². The molecule has 0 aromatic heterocycles. The topological polar surface area (TPSA) is 35.9 Å². The minimum Gasteiger partial charge on any atom is -0.504 e. The highest BCUT2D eigenvalue weighted by atomic mass is 16.5. The number of benzene rings is 3. The minimum atomic E-state index is 0.0426. The van der Waals surface area contributed by atoms with Crippen molar-refractivity contribution in [3.8, 4) is 11.5 Å². The molecule has 0 heterocycles. The van der Waals surface area contributed by atoms with Crippen molar-refractivity contribution in [2.75, 3.05) is 43.1 Å². The Bertz CT molecular complexity index is 920. The third-order valence-electron chi connectivity index (χ3n) is 6.25. The predicted molar refractivity (Wildman–Crippen MR) is 136 cm³/mol. The minimum absolute atomic E-state index is 0.0426. The Hall–Kier alpha value is -3.14. The maximum Gasteiger partial charge on any atom is 0.160 e. The molecule has 3 aromatic carbocycles. The van der Waals surface area contributed by atoms with Gasteiger partial charge in [0.2, 0.25) is 0 Å². The van der Waals surface area contributed by atoms with Crippen molar-refractivity contribution in [3.63, 3.8) is 0 Å². The molecule has 3 rings (SSSR count). The zero-order chi connectivity index (χ0) is 23.1. The maximum atomic E-state index is 10.1. The molecular weight excluding hydrogens is 396 g/mol. The van der Waals surface area contributed by atoms with E-state index in [9.17, 15) is 5.11 Å². The van der Waals surface area contributed by atoms with Crippen molar-refractivity contribution in [2.45, 2.75) is 33.6 Å². The van der Waals surface area contributed by atoms with E-state index >= 15 is 0 Å². The lowest BCUT2D eigenvalue weighted by Crippen LogP contribution is -2.21. The van der Waals surface area contributed by atoms with E-state index in [-0.39, 0.29) is 11.7 Å². The second kappa shape index (κ2) is 10.9. The summed E-state index contributed by atoms with van der Waals surface area (Å²) in [4.78, 5) is 4.70. The van der Waals surface area contributed by atoms with Crippen LogP contribution in [0.15, 0.2) is 66.7 Å². The summed E-state index contributed by atoms with van der Waals surface area (Å²) in [6.07, 6.45) is 0. The Balaban J connectivity index is 2.06. The summed E-state index contributed by atoms with van der Waals surface area (Å²) in [7, 11) is 1.59. The molecule has 0 unspecified atom stereocenters. The lowest BCUT2D eigenvalue weighted by molar-refractivity contribution is 0.373. The Morgan fingerprint density at radius 3 is 1.44 bits per heavy atom. The summed E-state index contributed by atoms with van der Waals surface area (Å²) in [6.45, 7) is 12.7. The van der Waals surface area contributed by atoms with Crippen molar-refractivity contribution in [2.24, 2.45) is 0 Å². The Labute approximate surface area is 193 Å². The standard InChI is InChI=1S/C28H36N2O2/c1-6-29(7-2)24-15-10-21(11-16-24)28(23-14-19-26(31)27(20-23)32-5)22-12-17-25(18-13-22)30(8-3)9-4/h10-20,28,31H,6-9H2,1-5H3. The second-order valence-electron chi connectivity index (χ2n) is 7.89. The fourth-order valence-corrected chi connectivity index (χ4v) is 4.38. The summed E-state index contributed by atoms with van der Waals surface area (Å²) in [5.74, 6) is 0.691. The molecule has 0 saturated heterocycles. The molecule has 0 fully saturated rings. The van der Waals surface area contributed by atoms with Crippen LogP contribution in [-0.4, -0.2) is 38.4 Å². The summed E-state index contributed by atoms with van der Waals surface area (Å²) in [5, 5.41) is 10.1. The van der Waals surface area contributed by atoms with E-state index in [1.807, 2.05) is 12.1 Å². The molecule has 170 valence electrons. The molecule has 0 atom stereocenters. The quantitative estimate of drug-likeness (QED) is 0.383. The predicted octanol–water partition coefficient (Wildman–Crippen LogP) is 6.27. The SMILES string of the molecule is CCN(CC)c1ccc(C(c2ccc(N(CC)CC)cc2)c2ccc(O)c(OC)c2)cc1. The van der Waals surface area contributed by atoms with Crippen molar-refractivity contribution in [1.82, 2.24) is 0 Å². The van der Waals surface area contributed by atoms with Crippen molar-refractivity contribution in [3.05, 3.63) is 83.4 Å². The molecular formula is C28H36N2O2. The van der Waals surface area contributed by atoms with Gasteiger partial charge in [-0.25, -0.2) is 0 Å². The molecule has 0 aliphatic rings. The van der Waals surface area contributed by atoms with Crippen LogP contribution in [0.25, 0.3) is 0 Å². The van der Waals surface area contributed by atoms with Crippen LogP contribution in [0.5, 0.6) is 11.5 Å². The fourth-order valence-electron chi connectivity index (χ4n) is 4.38. The van der Waals surface area contributed by atoms with E-state index in [0.717, 1.165) is 31.7 Å². The summed E-state index contributed by atoms with van der Waals surface area (Å²) >= 11 is 0. The molecule has 4 heteroatoms. The van der Waals surface area contributed by atoms with Crippen LogP contribution in [0.2, 0.25) is 0 Å². The monoisotopic (exact) mass is 432 g/mol. The normalized spacial score (nSPS) is 10.9. The first kappa shape index (κ1) is 23.5. The van der Waals surface area contributed by atoms with Crippen LogP contribution in [0.3, 0.4) is 0 Å². The molecule has 0 spiro atoms. The average Bonchev–Trinajstić information content (AvgIpc) is 2.83. The number of hydrogen-bond acceptors (Lipinski definition) is 4. The molecule has 0 aliphatic heterocycles. The van der Waals surface area contributed by atoms with Crippen molar-refractivity contribution in [1.29, 1.82) is 0 Å². The number of methoxy groups -OCH3 is 1. The lowest BCUT2D eigenvalue weighted by Gasteiger charge is -2.25. The lowest BCUT2D eigenvalue weighted by atomic mass is 9.84. The van der Waals surface area contributed by atoms with Crippen molar-refractivity contribution < 1.29 is 9.84 Å². The van der Waals surface area contributed by atoms with Crippen LogP contribution in [0, 0.1) is 0 Å². The van der Waals surface area contributed by atoms with Crippen LogP contribution < -0.4 is 14.5 Å². The Kier molecular flexibility index (Phi) is 8.04. The third kappa shape index (κ3) is 5.01. The first-order valence-corrected chi connectivity index (χ1v) is 11.6. The van der Waals surface area contributed by atoms with Gasteiger partial charge < -0.3 is 19.6 Å². The molecule has 0 aliphatic carbocycles. The second-order valence-corrected chi connectivity index (χ2v) is 7.89. The first-order valence-electron chi connectivity index (χ1n) is 11.6. The van der Waals surface area contributed by atoms with Crippen LogP contribution in [0.4, 0.5) is 11.4 Å². The van der Waals surface area contributed by atoms with Gasteiger partial charge in [0.15, 0.2) is 11.5 Å². The van der Waals surface area contributed by atoms with E-state index in [2.05, 4.69) is 86.0 Å². The highest BCUT2D eigenvalue weighted by molar-refractivity contribution is 5.55. The molecule has 1 N–H and O–H groups in total. The summed E-state index contributed by atoms with van der Waals surface area (Å²) in [5.41, 5.74) is 5.98. The number of nitrogens with zero attached hydrogens (tertiary/aromatic N) is 2. The number of anilines is 2. The van der Waals surface area contributed by atoms with E-state index in [4.69, 9.17) is 4.74 Å². The van der Waals surface area contributed by atoms with Crippen LogP contribution in [-0.2, 0) is 0 Å². The highest BCUT2D eigenvalue weighted by Gasteiger charge is 2.19. The molecule has 32 heavy (non-hydrogen) atoms. The van der Waals surface area contributed by atoms with Gasteiger partial charge in [-0.1, -0.05) is 30.3 Å². The zero-order valence-electron chi connectivity index (χ0n) is 20.0. The van der Waals surface area contributed by atoms with Gasteiger partial charge in [-0.15, -0.1) is 0 Å². The molecule has 0 amide bonds. The van der Waals surface area contributed by atoms with Gasteiger partial charge in [-0.2, -0.15) is 0 Å². The fraction of sp³-hybridized carbons (Fsp3) is 0.357. The van der Waals surface area contributed by atoms with E-state index in [1.54, 1.807) is 13.2 Å². The number of hydrogen-bond donors (Lipinski definition) is 1. The van der Waals surface area contributed by atoms with Gasteiger partial charge in [-0.3, -0.25) is 0 Å². The summed E-state index contributed by atoms with van der Waals surface area (Å²) < 4.78 is 5.40. The largest absolute Gasteiger partial charge is 0.504 e. The Morgan fingerprint density at radius 2 is 1.06 bits per heavy atom. The first-order chi connectivity index (χ1) is 15.6. The number of phenols is 1. The van der Waals surface area contributed by atoms with Crippen LogP contribution in [0.1, 0.15) is 50.3 Å². The van der Waals surface area contributed by atoms with Gasteiger partial charge in [0.25, 0.3) is 0 Å². The highest BCUT2D eigenvalue weighted by Crippen LogP contribution is 2.37. The Morgan fingerprint density at radius 1 is 0.656 bits per heavy atom. The van der Waals surface area contributed by atoms with Gasteiger partial charge in [-0.05, 0) is 80.8 Å². The van der Waals surface area contributed by atoms with Crippen LogP contribution >= 0.6 is 0 Å². The zero-order valence-corrected chi connectivity index (χ0v) is 20.0. The molecule has 0 saturated carbocycles. The number of rotatable bonds is 10. The van der Waals surface area contributed by atoms with Gasteiger partial charge in [0.05, 0.1) is 7.11 Å². The summed E-state index contributed by atoms with van der Waals surface area (Å²) in [6, 6.07) is 23.3. The van der Waals surface area contributed by atoms with E-state index in [1.165, 1.54) is 22.5 Å².